The van der Waals surface area contributed by atoms with Gasteiger partial charge in [0.25, 0.3) is 0 Å². The van der Waals surface area contributed by atoms with E-state index < -0.39 is 0 Å². The van der Waals surface area contributed by atoms with Gasteiger partial charge in [-0.05, 0) is 32.3 Å². The van der Waals surface area contributed by atoms with Crippen LogP contribution in [0.15, 0.2) is 12.2 Å². The Kier molecular flexibility index (Phi) is 8.37. The van der Waals surface area contributed by atoms with E-state index in [1.54, 1.807) is 12.2 Å². The number of anilines is 2. The van der Waals surface area contributed by atoms with Gasteiger partial charge in [0.15, 0.2) is 5.78 Å². The number of unbranched alkanes of at least 4 members (excludes halogenated alkanes) is 3. The lowest BCUT2D eigenvalue weighted by Gasteiger charge is -2.28. The summed E-state index contributed by atoms with van der Waals surface area (Å²) < 4.78 is 5.46. The van der Waals surface area contributed by atoms with Crippen molar-refractivity contribution in [3.8, 4) is 0 Å². The average Bonchev–Trinajstić information content (AvgIpc) is 3.20. The van der Waals surface area contributed by atoms with E-state index in [2.05, 4.69) is 11.8 Å². The molecule has 2 aliphatic rings. The second kappa shape index (κ2) is 11.2. The lowest BCUT2D eigenvalue weighted by Crippen LogP contribution is -2.38. The normalized spacial score (nSPS) is 16.3. The summed E-state index contributed by atoms with van der Waals surface area (Å²) >= 11 is 0. The fourth-order valence-electron chi connectivity index (χ4n) is 4.02. The third-order valence-corrected chi connectivity index (χ3v) is 5.70. The first-order chi connectivity index (χ1) is 14.6. The predicted octanol–water partition coefficient (Wildman–Crippen LogP) is 3.25. The molecule has 0 N–H and O–H groups in total. The highest BCUT2D eigenvalue weighted by Gasteiger charge is 2.30. The Hall–Kier alpha value is -2.28. The molecule has 3 rings (SSSR count). The molecule has 0 aliphatic carbocycles. The number of hydrogen-bond donors (Lipinski definition) is 0. The van der Waals surface area contributed by atoms with Crippen molar-refractivity contribution in [2.24, 2.45) is 0 Å². The van der Waals surface area contributed by atoms with E-state index >= 15 is 0 Å². The van der Waals surface area contributed by atoms with E-state index in [0.717, 1.165) is 62.3 Å². The lowest BCUT2D eigenvalue weighted by atomic mass is 10.1. The van der Waals surface area contributed by atoms with Crippen LogP contribution in [-0.4, -0.2) is 54.5 Å². The van der Waals surface area contributed by atoms with Crippen LogP contribution < -0.4 is 9.80 Å². The van der Waals surface area contributed by atoms with Crippen LogP contribution >= 0.6 is 0 Å². The van der Waals surface area contributed by atoms with Crippen molar-refractivity contribution in [2.45, 2.75) is 65.2 Å². The standard InChI is InChI=1S/C23H34N4O3/c1-3-5-6-7-9-21(29)27-13-12-19-20(11-10-18(28)8-4-2)24-23(25-22(19)27)26-14-16-30-17-15-26/h4,8H,3,5-7,9-17H2,1-2H3. The van der Waals surface area contributed by atoms with E-state index in [9.17, 15) is 9.59 Å². The number of carbonyl (C=O) groups is 2. The lowest BCUT2D eigenvalue weighted by molar-refractivity contribution is -0.118. The number of rotatable bonds is 10. The first-order valence-corrected chi connectivity index (χ1v) is 11.3. The summed E-state index contributed by atoms with van der Waals surface area (Å²) in [6, 6.07) is 0. The average molecular weight is 415 g/mol. The van der Waals surface area contributed by atoms with Crippen LogP contribution in [-0.2, 0) is 27.2 Å². The minimum atomic E-state index is 0.0969. The molecule has 1 amide bonds. The maximum absolute atomic E-state index is 12.9. The van der Waals surface area contributed by atoms with Gasteiger partial charge < -0.3 is 9.64 Å². The number of nitrogens with zero attached hydrogens (tertiary/aromatic N) is 4. The number of morpholine rings is 1. The highest BCUT2D eigenvalue weighted by Crippen LogP contribution is 2.32. The number of aromatic nitrogens is 2. The molecule has 1 aromatic heterocycles. The van der Waals surface area contributed by atoms with E-state index in [-0.39, 0.29) is 11.7 Å². The van der Waals surface area contributed by atoms with Crippen LogP contribution in [0.1, 0.15) is 63.6 Å². The van der Waals surface area contributed by atoms with Crippen molar-refractivity contribution in [3.05, 3.63) is 23.4 Å². The molecule has 1 saturated heterocycles. The minimum absolute atomic E-state index is 0.0969. The highest BCUT2D eigenvalue weighted by atomic mass is 16.5. The fourth-order valence-corrected chi connectivity index (χ4v) is 4.02. The summed E-state index contributed by atoms with van der Waals surface area (Å²) in [6.07, 6.45) is 10.0. The van der Waals surface area contributed by atoms with Crippen molar-refractivity contribution >= 4 is 23.5 Å². The van der Waals surface area contributed by atoms with Crippen LogP contribution in [0, 0.1) is 0 Å². The molecule has 2 aliphatic heterocycles. The summed E-state index contributed by atoms with van der Waals surface area (Å²) in [6.45, 7) is 7.44. The molecular weight excluding hydrogens is 380 g/mol. The minimum Gasteiger partial charge on any atom is -0.378 e. The quantitative estimate of drug-likeness (QED) is 0.432. The Morgan fingerprint density at radius 2 is 1.87 bits per heavy atom. The Morgan fingerprint density at radius 1 is 1.07 bits per heavy atom. The Labute approximate surface area is 179 Å². The number of ketones is 1. The van der Waals surface area contributed by atoms with Gasteiger partial charge in [-0.3, -0.25) is 14.5 Å². The monoisotopic (exact) mass is 414 g/mol. The molecule has 0 atom stereocenters. The summed E-state index contributed by atoms with van der Waals surface area (Å²) in [5.41, 5.74) is 1.93. The van der Waals surface area contributed by atoms with Crippen molar-refractivity contribution in [3.63, 3.8) is 0 Å². The zero-order valence-corrected chi connectivity index (χ0v) is 18.4. The van der Waals surface area contributed by atoms with Crippen LogP contribution in [0.4, 0.5) is 11.8 Å². The SMILES string of the molecule is CC=CC(=O)CCc1nc(N2CCOCC2)nc2c1CCN2C(=O)CCCCCC. The zero-order valence-electron chi connectivity index (χ0n) is 18.4. The van der Waals surface area contributed by atoms with Gasteiger partial charge in [0.1, 0.15) is 5.82 Å². The maximum Gasteiger partial charge on any atom is 0.228 e. The molecule has 3 heterocycles. The first kappa shape index (κ1) is 22.4. The van der Waals surface area contributed by atoms with Gasteiger partial charge in [-0.15, -0.1) is 0 Å². The second-order valence-corrected chi connectivity index (χ2v) is 7.94. The van der Waals surface area contributed by atoms with Crippen molar-refractivity contribution in [1.82, 2.24) is 9.97 Å². The van der Waals surface area contributed by atoms with E-state index in [1.165, 1.54) is 0 Å². The van der Waals surface area contributed by atoms with Gasteiger partial charge in [-0.1, -0.05) is 32.3 Å². The van der Waals surface area contributed by atoms with Crippen molar-refractivity contribution in [1.29, 1.82) is 0 Å². The van der Waals surface area contributed by atoms with Gasteiger partial charge in [0.05, 0.1) is 18.9 Å². The Morgan fingerprint density at radius 3 is 2.60 bits per heavy atom. The number of amides is 1. The highest BCUT2D eigenvalue weighted by molar-refractivity contribution is 5.94. The summed E-state index contributed by atoms with van der Waals surface area (Å²) in [5, 5.41) is 0. The first-order valence-electron chi connectivity index (χ1n) is 11.3. The molecule has 1 aromatic rings. The maximum atomic E-state index is 12.9. The van der Waals surface area contributed by atoms with Crippen LogP contribution in [0.5, 0.6) is 0 Å². The van der Waals surface area contributed by atoms with Crippen molar-refractivity contribution in [2.75, 3.05) is 42.6 Å². The molecule has 0 spiro atoms. The van der Waals surface area contributed by atoms with Crippen LogP contribution in [0.25, 0.3) is 0 Å². The van der Waals surface area contributed by atoms with Gasteiger partial charge in [0, 0.05) is 38.0 Å². The topological polar surface area (TPSA) is 75.6 Å². The third-order valence-electron chi connectivity index (χ3n) is 5.70. The van der Waals surface area contributed by atoms with Gasteiger partial charge in [-0.2, -0.15) is 4.98 Å². The van der Waals surface area contributed by atoms with Crippen LogP contribution in [0.2, 0.25) is 0 Å². The number of allylic oxidation sites excluding steroid dienone is 2. The van der Waals surface area contributed by atoms with E-state index in [0.29, 0.717) is 45.0 Å². The van der Waals surface area contributed by atoms with Crippen molar-refractivity contribution < 1.29 is 14.3 Å². The molecule has 1 fully saturated rings. The molecule has 7 heteroatoms. The summed E-state index contributed by atoms with van der Waals surface area (Å²) in [5.74, 6) is 1.64. The largest absolute Gasteiger partial charge is 0.378 e. The number of ether oxygens (including phenoxy) is 1. The second-order valence-electron chi connectivity index (χ2n) is 7.94. The molecule has 164 valence electrons. The predicted molar refractivity (Wildman–Crippen MR) is 118 cm³/mol. The fraction of sp³-hybridized carbons (Fsp3) is 0.652. The van der Waals surface area contributed by atoms with Crippen LogP contribution in [0.3, 0.4) is 0 Å². The Balaban J connectivity index is 1.82. The number of hydrogen-bond acceptors (Lipinski definition) is 6. The molecule has 0 aromatic carbocycles. The molecule has 30 heavy (non-hydrogen) atoms. The van der Waals surface area contributed by atoms with E-state index in [4.69, 9.17) is 14.7 Å². The molecule has 7 nitrogen and oxygen atoms in total. The van der Waals surface area contributed by atoms with Gasteiger partial charge >= 0.3 is 0 Å². The third kappa shape index (κ3) is 5.65. The van der Waals surface area contributed by atoms with Gasteiger partial charge in [0.2, 0.25) is 11.9 Å². The number of aryl methyl sites for hydroxylation is 1. The van der Waals surface area contributed by atoms with E-state index in [1.807, 2.05) is 11.8 Å². The molecule has 0 radical (unpaired) electrons. The summed E-state index contributed by atoms with van der Waals surface area (Å²) in [7, 11) is 0. The zero-order chi connectivity index (χ0) is 21.3. The number of carbonyl (C=O) groups excluding carboxylic acids is 2. The Bertz CT molecular complexity index is 772. The van der Waals surface area contributed by atoms with Gasteiger partial charge in [-0.25, -0.2) is 4.98 Å². The molecule has 0 saturated carbocycles. The smallest absolute Gasteiger partial charge is 0.228 e. The molecule has 0 unspecified atom stereocenters. The summed E-state index contributed by atoms with van der Waals surface area (Å²) in [4.78, 5) is 38.5. The molecule has 0 bridgehead atoms. The number of fused-ring (bicyclic) bond motifs is 1. The molecular formula is C23H34N4O3.